The van der Waals surface area contributed by atoms with Gasteiger partial charge in [0.05, 0.1) is 28.7 Å². The van der Waals surface area contributed by atoms with Gasteiger partial charge in [0.2, 0.25) is 10.2 Å². The number of primary sulfonamides is 1. The van der Waals surface area contributed by atoms with Gasteiger partial charge in [0.25, 0.3) is 10.0 Å². The van der Waals surface area contributed by atoms with Gasteiger partial charge in [0.1, 0.15) is 24.1 Å². The van der Waals surface area contributed by atoms with Crippen LogP contribution in [0.5, 0.6) is 5.75 Å². The summed E-state index contributed by atoms with van der Waals surface area (Å²) in [6.07, 6.45) is 3.78. The Kier molecular flexibility index (Phi) is 7.40. The number of benzene rings is 2. The van der Waals surface area contributed by atoms with Crippen molar-refractivity contribution in [3.63, 3.8) is 0 Å². The van der Waals surface area contributed by atoms with Crippen molar-refractivity contribution < 1.29 is 17.9 Å². The Hall–Kier alpha value is -4.20. The fourth-order valence-electron chi connectivity index (χ4n) is 3.73. The topological polar surface area (TPSA) is 155 Å². The first-order valence-electron chi connectivity index (χ1n) is 11.5. The maximum Gasteiger partial charge on any atom is 0.265 e. The second-order valence-corrected chi connectivity index (χ2v) is 11.1. The average molecular weight is 550 g/mol. The molecule has 0 unspecified atom stereocenters. The summed E-state index contributed by atoms with van der Waals surface area (Å²) in [6, 6.07) is 19.6. The molecule has 194 valence electrons. The predicted molar refractivity (Wildman–Crippen MR) is 141 cm³/mol. The number of hydrogen-bond donors (Lipinski definition) is 2. The fraction of sp³-hybridized carbons (Fsp3) is 0.160. The number of rotatable bonds is 10. The van der Waals surface area contributed by atoms with E-state index in [1.807, 2.05) is 48.5 Å². The number of fused-ring (bicyclic) bond motifs is 1. The van der Waals surface area contributed by atoms with Gasteiger partial charge in [0, 0.05) is 12.6 Å². The highest BCUT2D eigenvalue weighted by Gasteiger charge is 2.23. The molecule has 0 saturated carbocycles. The number of nitrogens with two attached hydrogens (primary N) is 1. The van der Waals surface area contributed by atoms with Crippen molar-refractivity contribution in [2.45, 2.75) is 30.0 Å². The van der Waals surface area contributed by atoms with Crippen LogP contribution in [0.1, 0.15) is 23.0 Å². The van der Waals surface area contributed by atoms with Gasteiger partial charge >= 0.3 is 0 Å². The normalized spacial score (nSPS) is 12.3. The zero-order chi connectivity index (χ0) is 26.5. The van der Waals surface area contributed by atoms with Gasteiger partial charge in [-0.05, 0) is 35.9 Å². The number of ether oxygens (including phenoxy) is 1. The number of sulfonamides is 1. The average Bonchev–Trinajstić information content (AvgIpc) is 3.57. The summed E-state index contributed by atoms with van der Waals surface area (Å²) in [5.41, 5.74) is 2.77. The molecule has 3 aromatic heterocycles. The van der Waals surface area contributed by atoms with E-state index in [9.17, 15) is 13.2 Å². The summed E-state index contributed by atoms with van der Waals surface area (Å²) in [7, 11) is -3.88. The zero-order valence-corrected chi connectivity index (χ0v) is 21.6. The number of carbonyl (C=O) groups excluding carboxylic acids is 1. The van der Waals surface area contributed by atoms with Crippen LogP contribution < -0.4 is 15.2 Å². The minimum absolute atomic E-state index is 0.0972. The van der Waals surface area contributed by atoms with Gasteiger partial charge in [0.15, 0.2) is 0 Å². The summed E-state index contributed by atoms with van der Waals surface area (Å²) in [6.45, 7) is 0.392. The molecule has 0 bridgehead atoms. The first-order valence-corrected chi connectivity index (χ1v) is 13.9. The van der Waals surface area contributed by atoms with Crippen LogP contribution in [0, 0.1) is 0 Å². The van der Waals surface area contributed by atoms with Crippen LogP contribution in [0.2, 0.25) is 0 Å². The first-order chi connectivity index (χ1) is 18.3. The number of thiazole rings is 1. The summed E-state index contributed by atoms with van der Waals surface area (Å²) in [4.78, 5) is 21.5. The Bertz CT molecular complexity index is 1660. The van der Waals surface area contributed by atoms with Crippen molar-refractivity contribution >= 4 is 37.5 Å². The molecule has 13 heteroatoms. The quantitative estimate of drug-likeness (QED) is 0.269. The standard InChI is InChI=1S/C25H23N7O4S2/c26-38(34,35)25-29-21-10-9-20(13-23(21)37-25)36-16-19-15-32(31-30-19)22(12-17-6-2-1-3-7-17)24(33)28-14-18-8-4-5-11-27-18/h1-11,13,15,22H,12,14,16H2,(H,28,33)(H2,26,34,35)/t22-/m0/s1. The molecule has 0 saturated heterocycles. The van der Waals surface area contributed by atoms with E-state index in [-0.39, 0.29) is 16.9 Å². The Labute approximate surface area is 222 Å². The molecule has 38 heavy (non-hydrogen) atoms. The van der Waals surface area contributed by atoms with E-state index in [2.05, 4.69) is 25.6 Å². The van der Waals surface area contributed by atoms with Gasteiger partial charge in [-0.3, -0.25) is 9.78 Å². The molecular formula is C25H23N7O4S2. The van der Waals surface area contributed by atoms with Crippen LogP contribution in [0.15, 0.2) is 83.5 Å². The van der Waals surface area contributed by atoms with Gasteiger partial charge in [-0.2, -0.15) is 0 Å². The minimum atomic E-state index is -3.88. The second-order valence-electron chi connectivity index (χ2n) is 8.38. The lowest BCUT2D eigenvalue weighted by molar-refractivity contribution is -0.124. The number of hydrogen-bond acceptors (Lipinski definition) is 9. The molecule has 0 spiro atoms. The molecule has 3 N–H and O–H groups in total. The molecule has 0 aliphatic heterocycles. The van der Waals surface area contributed by atoms with Crippen molar-refractivity contribution in [1.82, 2.24) is 30.3 Å². The zero-order valence-electron chi connectivity index (χ0n) is 20.0. The number of amides is 1. The van der Waals surface area contributed by atoms with E-state index in [1.165, 1.54) is 4.68 Å². The number of pyridine rings is 1. The van der Waals surface area contributed by atoms with Crippen LogP contribution in [0.25, 0.3) is 10.2 Å². The van der Waals surface area contributed by atoms with Crippen LogP contribution in [0.3, 0.4) is 0 Å². The minimum Gasteiger partial charge on any atom is -0.487 e. The number of nitrogens with zero attached hydrogens (tertiary/aromatic N) is 5. The molecular weight excluding hydrogens is 526 g/mol. The molecule has 1 atom stereocenters. The Morgan fingerprint density at radius 3 is 2.66 bits per heavy atom. The van der Waals surface area contributed by atoms with E-state index >= 15 is 0 Å². The lowest BCUT2D eigenvalue weighted by atomic mass is 10.1. The van der Waals surface area contributed by atoms with Gasteiger partial charge in [-0.25, -0.2) is 23.2 Å². The lowest BCUT2D eigenvalue weighted by Gasteiger charge is -2.17. The van der Waals surface area contributed by atoms with Crippen molar-refractivity contribution in [2.75, 3.05) is 0 Å². The lowest BCUT2D eigenvalue weighted by Crippen LogP contribution is -2.34. The largest absolute Gasteiger partial charge is 0.487 e. The van der Waals surface area contributed by atoms with Gasteiger partial charge in [-0.15, -0.1) is 16.4 Å². The summed E-state index contributed by atoms with van der Waals surface area (Å²) in [5, 5.41) is 16.5. The van der Waals surface area contributed by atoms with E-state index in [1.54, 1.807) is 30.6 Å². The Balaban J connectivity index is 1.29. The van der Waals surface area contributed by atoms with Crippen molar-refractivity contribution in [2.24, 2.45) is 5.14 Å². The SMILES string of the molecule is NS(=O)(=O)c1nc2ccc(OCc3cn([C@@H](Cc4ccccc4)C(=O)NCc4ccccn4)nn3)cc2s1. The van der Waals surface area contributed by atoms with Gasteiger partial charge in [-0.1, -0.05) is 41.6 Å². The van der Waals surface area contributed by atoms with Crippen molar-refractivity contribution in [3.8, 4) is 5.75 Å². The van der Waals surface area contributed by atoms with E-state index in [0.29, 0.717) is 34.6 Å². The third-order valence-corrected chi connectivity index (χ3v) is 7.93. The monoisotopic (exact) mass is 549 g/mol. The maximum atomic E-state index is 13.2. The van der Waals surface area contributed by atoms with Crippen LogP contribution in [0.4, 0.5) is 0 Å². The molecule has 0 radical (unpaired) electrons. The number of aromatic nitrogens is 5. The highest BCUT2D eigenvalue weighted by molar-refractivity contribution is 7.91. The third-order valence-electron chi connectivity index (χ3n) is 5.59. The summed E-state index contributed by atoms with van der Waals surface area (Å²) < 4.78 is 31.0. The third kappa shape index (κ3) is 6.19. The highest BCUT2D eigenvalue weighted by Crippen LogP contribution is 2.28. The summed E-state index contributed by atoms with van der Waals surface area (Å²) >= 11 is 0.970. The number of nitrogens with one attached hydrogen (secondary N) is 1. The van der Waals surface area contributed by atoms with E-state index in [4.69, 9.17) is 9.88 Å². The highest BCUT2D eigenvalue weighted by atomic mass is 32.2. The van der Waals surface area contributed by atoms with Crippen LogP contribution in [-0.2, 0) is 34.4 Å². The Morgan fingerprint density at radius 1 is 1.08 bits per heavy atom. The molecule has 0 fully saturated rings. The molecule has 0 aliphatic rings. The Morgan fingerprint density at radius 2 is 1.89 bits per heavy atom. The van der Waals surface area contributed by atoms with Crippen LogP contribution in [-0.4, -0.2) is 39.3 Å². The number of carbonyl (C=O) groups is 1. The van der Waals surface area contributed by atoms with Crippen molar-refractivity contribution in [1.29, 1.82) is 0 Å². The molecule has 11 nitrogen and oxygen atoms in total. The summed E-state index contributed by atoms with van der Waals surface area (Å²) in [5.74, 6) is 0.295. The molecule has 0 aliphatic carbocycles. The maximum absolute atomic E-state index is 13.2. The van der Waals surface area contributed by atoms with Gasteiger partial charge < -0.3 is 10.1 Å². The molecule has 2 aromatic carbocycles. The van der Waals surface area contributed by atoms with Crippen LogP contribution >= 0.6 is 11.3 Å². The molecule has 5 rings (SSSR count). The smallest absolute Gasteiger partial charge is 0.265 e. The molecule has 3 heterocycles. The predicted octanol–water partition coefficient (Wildman–Crippen LogP) is 2.61. The van der Waals surface area contributed by atoms with E-state index < -0.39 is 16.1 Å². The fourth-order valence-corrected chi connectivity index (χ4v) is 5.41. The second kappa shape index (κ2) is 11.0. The molecule has 1 amide bonds. The van der Waals surface area contributed by atoms with Crippen molar-refractivity contribution in [3.05, 3.63) is 96.1 Å². The van der Waals surface area contributed by atoms with E-state index in [0.717, 1.165) is 22.6 Å². The first kappa shape index (κ1) is 25.4. The molecule has 5 aromatic rings.